The molecule has 0 bridgehead atoms. The van der Waals surface area contributed by atoms with Crippen LogP contribution in [0.1, 0.15) is 42.4 Å². The van der Waals surface area contributed by atoms with Crippen molar-refractivity contribution in [3.63, 3.8) is 0 Å². The van der Waals surface area contributed by atoms with Gasteiger partial charge in [0.05, 0.1) is 11.4 Å². The van der Waals surface area contributed by atoms with E-state index in [2.05, 4.69) is 26.1 Å². The predicted octanol–water partition coefficient (Wildman–Crippen LogP) is 5.18. The number of rotatable bonds is 7. The zero-order valence-corrected chi connectivity index (χ0v) is 21.7. The van der Waals surface area contributed by atoms with Gasteiger partial charge in [-0.1, -0.05) is 69.3 Å². The van der Waals surface area contributed by atoms with Crippen LogP contribution in [0.5, 0.6) is 11.5 Å². The molecule has 1 N–H and O–H groups in total. The number of benzene rings is 3. The molecular weight excluding hydrogens is 480 g/mol. The quantitative estimate of drug-likeness (QED) is 0.370. The molecule has 0 unspecified atom stereocenters. The summed E-state index contributed by atoms with van der Waals surface area (Å²) >= 11 is 0. The fourth-order valence-electron chi connectivity index (χ4n) is 4.17. The van der Waals surface area contributed by atoms with Crippen LogP contribution in [0.15, 0.2) is 84.9 Å². The number of aromatic nitrogens is 2. The van der Waals surface area contributed by atoms with Gasteiger partial charge in [-0.05, 0) is 35.9 Å². The highest BCUT2D eigenvalue weighted by molar-refractivity contribution is 5.99. The number of ether oxygens (including phenoxy) is 2. The van der Waals surface area contributed by atoms with Gasteiger partial charge in [0.25, 0.3) is 5.91 Å². The maximum Gasteiger partial charge on any atom is 0.254 e. The summed E-state index contributed by atoms with van der Waals surface area (Å²) in [6, 6.07) is 26.2. The molecular formula is C30H30N4O4. The van der Waals surface area contributed by atoms with Crippen LogP contribution in [0.25, 0.3) is 5.69 Å². The van der Waals surface area contributed by atoms with E-state index in [9.17, 15) is 9.59 Å². The van der Waals surface area contributed by atoms with E-state index in [0.29, 0.717) is 22.9 Å². The van der Waals surface area contributed by atoms with E-state index in [1.807, 2.05) is 66.7 Å². The van der Waals surface area contributed by atoms with Crippen molar-refractivity contribution in [3.05, 3.63) is 102 Å². The van der Waals surface area contributed by atoms with Crippen LogP contribution >= 0.6 is 0 Å². The lowest BCUT2D eigenvalue weighted by atomic mass is 9.92. The molecule has 0 fully saturated rings. The van der Waals surface area contributed by atoms with Gasteiger partial charge in [-0.15, -0.1) is 0 Å². The smallest absolute Gasteiger partial charge is 0.254 e. The highest BCUT2D eigenvalue weighted by Crippen LogP contribution is 2.33. The number of anilines is 1. The number of para-hydroxylation sites is 1. The number of nitrogens with zero attached hydrogens (tertiary/aromatic N) is 3. The Balaban J connectivity index is 1.41. The van der Waals surface area contributed by atoms with E-state index in [4.69, 9.17) is 14.6 Å². The van der Waals surface area contributed by atoms with Crippen LogP contribution in [0.2, 0.25) is 0 Å². The molecule has 38 heavy (non-hydrogen) atoms. The van der Waals surface area contributed by atoms with E-state index in [0.717, 1.165) is 16.9 Å². The first-order valence-corrected chi connectivity index (χ1v) is 12.5. The lowest BCUT2D eigenvalue weighted by Crippen LogP contribution is -2.37. The summed E-state index contributed by atoms with van der Waals surface area (Å²) in [5.74, 6) is 1.04. The molecule has 1 aliphatic rings. The summed E-state index contributed by atoms with van der Waals surface area (Å²) in [4.78, 5) is 28.5. The van der Waals surface area contributed by atoms with Crippen LogP contribution < -0.4 is 14.8 Å². The molecule has 0 atom stereocenters. The predicted molar refractivity (Wildman–Crippen MR) is 145 cm³/mol. The van der Waals surface area contributed by atoms with Crippen LogP contribution in [-0.4, -0.2) is 39.8 Å². The van der Waals surface area contributed by atoms with Crippen LogP contribution in [0, 0.1) is 0 Å². The molecule has 8 heteroatoms. The van der Waals surface area contributed by atoms with Crippen molar-refractivity contribution < 1.29 is 19.1 Å². The summed E-state index contributed by atoms with van der Waals surface area (Å²) in [5, 5.41) is 7.75. The SMILES string of the molecule is CC(C)(C)c1cc(NC(=O)CN(Cc2ccccc2)C(=O)c2ccc3c(c2)OCO3)n(-c2ccccc2)n1. The third-order valence-corrected chi connectivity index (χ3v) is 6.20. The number of carbonyl (C=O) groups is 2. The lowest BCUT2D eigenvalue weighted by molar-refractivity contribution is -0.117. The first-order chi connectivity index (χ1) is 18.3. The Kier molecular flexibility index (Phi) is 6.87. The minimum Gasteiger partial charge on any atom is -0.454 e. The summed E-state index contributed by atoms with van der Waals surface area (Å²) in [7, 11) is 0. The van der Waals surface area contributed by atoms with E-state index in [1.165, 1.54) is 4.90 Å². The Hall–Kier alpha value is -4.59. The molecule has 0 aliphatic carbocycles. The maximum atomic E-state index is 13.6. The second-order valence-electron chi connectivity index (χ2n) is 10.2. The molecule has 2 heterocycles. The molecule has 194 valence electrons. The monoisotopic (exact) mass is 510 g/mol. The van der Waals surface area contributed by atoms with Gasteiger partial charge in [-0.3, -0.25) is 9.59 Å². The molecule has 1 aromatic heterocycles. The van der Waals surface area contributed by atoms with Crippen LogP contribution in [-0.2, 0) is 16.8 Å². The number of nitrogens with one attached hydrogen (secondary N) is 1. The van der Waals surface area contributed by atoms with Gasteiger partial charge in [0.1, 0.15) is 12.4 Å². The fourth-order valence-corrected chi connectivity index (χ4v) is 4.17. The average Bonchev–Trinajstić information content (AvgIpc) is 3.56. The normalized spacial score (nSPS) is 12.3. The molecule has 2 amide bonds. The van der Waals surface area contributed by atoms with Crippen molar-refractivity contribution in [3.8, 4) is 17.2 Å². The molecule has 0 spiro atoms. The second-order valence-corrected chi connectivity index (χ2v) is 10.2. The Morgan fingerprint density at radius 1 is 0.921 bits per heavy atom. The van der Waals surface area contributed by atoms with Crippen molar-refractivity contribution in [2.75, 3.05) is 18.7 Å². The van der Waals surface area contributed by atoms with E-state index in [-0.39, 0.29) is 37.1 Å². The number of fused-ring (bicyclic) bond motifs is 1. The summed E-state index contributed by atoms with van der Waals surface area (Å²) in [6.07, 6.45) is 0. The van der Waals surface area contributed by atoms with Crippen LogP contribution in [0.4, 0.5) is 5.82 Å². The van der Waals surface area contributed by atoms with Gasteiger partial charge < -0.3 is 19.7 Å². The Bertz CT molecular complexity index is 1440. The second kappa shape index (κ2) is 10.4. The first kappa shape index (κ1) is 25.1. The highest BCUT2D eigenvalue weighted by Gasteiger charge is 2.25. The largest absolute Gasteiger partial charge is 0.454 e. The van der Waals surface area contributed by atoms with Crippen molar-refractivity contribution in [1.82, 2.24) is 14.7 Å². The first-order valence-electron chi connectivity index (χ1n) is 12.5. The minimum atomic E-state index is -0.326. The summed E-state index contributed by atoms with van der Waals surface area (Å²) in [5.41, 5.74) is 2.79. The van der Waals surface area contributed by atoms with Gasteiger partial charge in [-0.2, -0.15) is 5.10 Å². The molecule has 0 radical (unpaired) electrons. The maximum absolute atomic E-state index is 13.6. The third-order valence-electron chi connectivity index (χ3n) is 6.20. The van der Waals surface area contributed by atoms with Crippen molar-refractivity contribution in [2.45, 2.75) is 32.7 Å². The number of hydrogen-bond acceptors (Lipinski definition) is 5. The highest BCUT2D eigenvalue weighted by atomic mass is 16.7. The Morgan fingerprint density at radius 2 is 1.61 bits per heavy atom. The van der Waals surface area contributed by atoms with Gasteiger partial charge in [0, 0.05) is 23.6 Å². The standard InChI is InChI=1S/C30H30N4O4/c1-30(2,3)26-17-27(34(32-26)23-12-8-5-9-13-23)31-28(35)19-33(18-21-10-6-4-7-11-21)29(36)22-14-15-24-25(16-22)38-20-37-24/h4-17H,18-20H2,1-3H3,(H,31,35). The number of amides is 2. The molecule has 8 nitrogen and oxygen atoms in total. The molecule has 5 rings (SSSR count). The molecule has 1 aliphatic heterocycles. The number of hydrogen-bond donors (Lipinski definition) is 1. The van der Waals surface area contributed by atoms with E-state index in [1.54, 1.807) is 22.9 Å². The van der Waals surface area contributed by atoms with Gasteiger partial charge in [-0.25, -0.2) is 4.68 Å². The Morgan fingerprint density at radius 3 is 2.32 bits per heavy atom. The summed E-state index contributed by atoms with van der Waals surface area (Å²) < 4.78 is 12.5. The van der Waals surface area contributed by atoms with Crippen molar-refractivity contribution in [1.29, 1.82) is 0 Å². The van der Waals surface area contributed by atoms with E-state index < -0.39 is 0 Å². The molecule has 4 aromatic rings. The molecule has 3 aromatic carbocycles. The van der Waals surface area contributed by atoms with Crippen molar-refractivity contribution in [2.24, 2.45) is 0 Å². The average molecular weight is 511 g/mol. The fraction of sp³-hybridized carbons (Fsp3) is 0.233. The zero-order valence-electron chi connectivity index (χ0n) is 21.7. The van der Waals surface area contributed by atoms with Gasteiger partial charge in [0.15, 0.2) is 11.5 Å². The Labute approximate surface area is 221 Å². The zero-order chi connectivity index (χ0) is 26.7. The number of carbonyl (C=O) groups excluding carboxylic acids is 2. The molecule has 0 saturated heterocycles. The third kappa shape index (κ3) is 5.54. The van der Waals surface area contributed by atoms with Gasteiger partial charge in [0.2, 0.25) is 12.7 Å². The van der Waals surface area contributed by atoms with E-state index >= 15 is 0 Å². The van der Waals surface area contributed by atoms with Gasteiger partial charge >= 0.3 is 0 Å². The van der Waals surface area contributed by atoms with Crippen molar-refractivity contribution >= 4 is 17.6 Å². The molecule has 0 saturated carbocycles. The lowest BCUT2D eigenvalue weighted by Gasteiger charge is -2.23. The van der Waals surface area contributed by atoms with Crippen LogP contribution in [0.3, 0.4) is 0 Å². The summed E-state index contributed by atoms with van der Waals surface area (Å²) in [6.45, 7) is 6.46. The minimum absolute atomic E-state index is 0.120. The topological polar surface area (TPSA) is 85.7 Å².